The van der Waals surface area contributed by atoms with Crippen molar-refractivity contribution in [1.82, 2.24) is 0 Å². The van der Waals surface area contributed by atoms with Crippen molar-refractivity contribution in [3.8, 4) is 0 Å². The molecule has 2 rings (SSSR count). The third kappa shape index (κ3) is 6.16. The first-order valence-electron chi connectivity index (χ1n) is 8.60. The van der Waals surface area contributed by atoms with E-state index < -0.39 is 29.4 Å². The molecule has 2 unspecified atom stereocenters. The normalized spacial score (nSPS) is 20.2. The number of rotatable bonds is 6. The summed E-state index contributed by atoms with van der Waals surface area (Å²) < 4.78 is 88.4. The third-order valence-electron chi connectivity index (χ3n) is 4.40. The number of ether oxygens (including phenoxy) is 2. The number of hydrogen-bond donors (Lipinski definition) is 0. The van der Waals surface area contributed by atoms with Crippen LogP contribution in [0.25, 0.3) is 0 Å². The lowest BCUT2D eigenvalue weighted by Crippen LogP contribution is -2.22. The molecular formula is C18H22F6O2. The third-order valence-corrected chi connectivity index (χ3v) is 4.40. The molecule has 1 aliphatic rings. The summed E-state index contributed by atoms with van der Waals surface area (Å²) in [7, 11) is 0. The highest BCUT2D eigenvalue weighted by atomic mass is 19.4. The maximum Gasteiger partial charge on any atom is 0.416 e. The van der Waals surface area contributed by atoms with Crippen molar-refractivity contribution in [2.45, 2.75) is 63.6 Å². The minimum atomic E-state index is -4.82. The van der Waals surface area contributed by atoms with Crippen LogP contribution in [0, 0.1) is 0 Å². The highest BCUT2D eigenvalue weighted by Gasteiger charge is 2.37. The molecule has 0 amide bonds. The van der Waals surface area contributed by atoms with Crippen LogP contribution in [0.5, 0.6) is 0 Å². The van der Waals surface area contributed by atoms with Crippen molar-refractivity contribution in [2.75, 3.05) is 13.2 Å². The van der Waals surface area contributed by atoms with Crippen molar-refractivity contribution in [2.24, 2.45) is 0 Å². The summed E-state index contributed by atoms with van der Waals surface area (Å²) in [6, 6.07) is 1.75. The first-order valence-corrected chi connectivity index (χ1v) is 8.60. The predicted octanol–water partition coefficient (Wildman–Crippen LogP) is 6.15. The lowest BCUT2D eigenvalue weighted by molar-refractivity contribution is -0.162. The second-order valence-electron chi connectivity index (χ2n) is 6.55. The zero-order valence-corrected chi connectivity index (χ0v) is 14.4. The topological polar surface area (TPSA) is 18.5 Å². The smallest absolute Gasteiger partial charge is 0.353 e. The fourth-order valence-corrected chi connectivity index (χ4v) is 2.88. The highest BCUT2D eigenvalue weighted by molar-refractivity contribution is 5.35. The Bertz CT molecular complexity index is 544. The van der Waals surface area contributed by atoms with Gasteiger partial charge in [-0.15, -0.1) is 0 Å². The van der Waals surface area contributed by atoms with Crippen molar-refractivity contribution in [1.29, 1.82) is 0 Å². The van der Waals surface area contributed by atoms with Crippen LogP contribution >= 0.6 is 0 Å². The van der Waals surface area contributed by atoms with E-state index in [9.17, 15) is 26.3 Å². The van der Waals surface area contributed by atoms with E-state index in [4.69, 9.17) is 9.47 Å². The van der Waals surface area contributed by atoms with Crippen molar-refractivity contribution >= 4 is 0 Å². The lowest BCUT2D eigenvalue weighted by Gasteiger charge is -2.23. The Kier molecular flexibility index (Phi) is 6.96. The van der Waals surface area contributed by atoms with E-state index >= 15 is 0 Å². The fraction of sp³-hybridized carbons (Fsp3) is 0.667. The van der Waals surface area contributed by atoms with Crippen LogP contribution in [-0.2, 0) is 21.8 Å². The maximum absolute atomic E-state index is 12.9. The molecule has 0 aromatic heterocycles. The predicted molar refractivity (Wildman–Crippen MR) is 83.6 cm³/mol. The van der Waals surface area contributed by atoms with E-state index in [1.165, 1.54) is 0 Å². The number of halogens is 6. The molecule has 1 aliphatic heterocycles. The van der Waals surface area contributed by atoms with Gasteiger partial charge in [0, 0.05) is 13.2 Å². The molecule has 1 fully saturated rings. The van der Waals surface area contributed by atoms with E-state index in [1.807, 2.05) is 0 Å². The maximum atomic E-state index is 12.9. The monoisotopic (exact) mass is 384 g/mol. The molecule has 0 saturated carbocycles. The van der Waals surface area contributed by atoms with Crippen LogP contribution in [0.2, 0.25) is 0 Å². The van der Waals surface area contributed by atoms with Crippen LogP contribution < -0.4 is 0 Å². The standard InChI is InChI=1S/C18H22F6O2/c1-12(5-4-8-26-16-6-2-3-7-25-16)13-9-14(17(19,20)21)11-15(10-13)18(22,23)24/h9-12,16H,2-8H2,1H3. The molecule has 0 N–H and O–H groups in total. The molecule has 0 spiro atoms. The Morgan fingerprint density at radius 3 is 2.15 bits per heavy atom. The minimum absolute atomic E-state index is 0.0288. The first kappa shape index (κ1) is 21.0. The Hall–Kier alpha value is -1.28. The van der Waals surface area contributed by atoms with Gasteiger partial charge in [-0.2, -0.15) is 26.3 Å². The molecule has 0 bridgehead atoms. The average Bonchev–Trinajstić information content (AvgIpc) is 2.57. The molecular weight excluding hydrogens is 362 g/mol. The van der Waals surface area contributed by atoms with E-state index in [0.717, 1.165) is 31.4 Å². The Morgan fingerprint density at radius 2 is 1.65 bits per heavy atom. The molecule has 148 valence electrons. The zero-order chi connectivity index (χ0) is 19.4. The largest absolute Gasteiger partial charge is 0.416 e. The van der Waals surface area contributed by atoms with E-state index in [0.29, 0.717) is 26.1 Å². The first-order chi connectivity index (χ1) is 12.1. The van der Waals surface area contributed by atoms with E-state index in [2.05, 4.69) is 0 Å². The Labute approximate surface area is 148 Å². The molecule has 1 aromatic rings. The minimum Gasteiger partial charge on any atom is -0.353 e. The van der Waals surface area contributed by atoms with Gasteiger partial charge in [-0.1, -0.05) is 6.92 Å². The molecule has 1 aromatic carbocycles. The molecule has 1 heterocycles. The van der Waals surface area contributed by atoms with Crippen LogP contribution in [-0.4, -0.2) is 19.5 Å². The van der Waals surface area contributed by atoms with Crippen molar-refractivity contribution in [3.63, 3.8) is 0 Å². The summed E-state index contributed by atoms with van der Waals surface area (Å²) in [6.45, 7) is 2.62. The van der Waals surface area contributed by atoms with Gasteiger partial charge in [-0.25, -0.2) is 0 Å². The summed E-state index contributed by atoms with van der Waals surface area (Å²) in [6.07, 6.45) is -6.14. The Balaban J connectivity index is 1.99. The summed E-state index contributed by atoms with van der Waals surface area (Å²) in [5.41, 5.74) is -2.52. The summed E-state index contributed by atoms with van der Waals surface area (Å²) in [5, 5.41) is 0. The van der Waals surface area contributed by atoms with Crippen LogP contribution in [0.15, 0.2) is 18.2 Å². The molecule has 26 heavy (non-hydrogen) atoms. The zero-order valence-electron chi connectivity index (χ0n) is 14.4. The van der Waals surface area contributed by atoms with Gasteiger partial charge in [-0.05, 0) is 61.8 Å². The van der Waals surface area contributed by atoms with Gasteiger partial charge in [0.05, 0.1) is 11.1 Å². The van der Waals surface area contributed by atoms with Crippen LogP contribution in [0.1, 0.15) is 61.6 Å². The number of benzene rings is 1. The van der Waals surface area contributed by atoms with E-state index in [1.54, 1.807) is 6.92 Å². The van der Waals surface area contributed by atoms with Gasteiger partial charge < -0.3 is 9.47 Å². The van der Waals surface area contributed by atoms with Gasteiger partial charge in [0.2, 0.25) is 0 Å². The number of alkyl halides is 6. The van der Waals surface area contributed by atoms with Gasteiger partial charge in [0.1, 0.15) is 0 Å². The van der Waals surface area contributed by atoms with Crippen molar-refractivity contribution in [3.05, 3.63) is 34.9 Å². The second kappa shape index (κ2) is 8.61. The summed E-state index contributed by atoms with van der Waals surface area (Å²) >= 11 is 0. The van der Waals surface area contributed by atoms with Gasteiger partial charge in [0.15, 0.2) is 6.29 Å². The van der Waals surface area contributed by atoms with Gasteiger partial charge >= 0.3 is 12.4 Å². The van der Waals surface area contributed by atoms with Gasteiger partial charge in [0.25, 0.3) is 0 Å². The van der Waals surface area contributed by atoms with Crippen LogP contribution in [0.3, 0.4) is 0 Å². The molecule has 0 radical (unpaired) electrons. The second-order valence-corrected chi connectivity index (χ2v) is 6.55. The van der Waals surface area contributed by atoms with Gasteiger partial charge in [-0.3, -0.25) is 0 Å². The van der Waals surface area contributed by atoms with Crippen molar-refractivity contribution < 1.29 is 35.8 Å². The average molecular weight is 384 g/mol. The molecule has 1 saturated heterocycles. The lowest BCUT2D eigenvalue weighted by atomic mass is 9.92. The fourth-order valence-electron chi connectivity index (χ4n) is 2.88. The van der Waals surface area contributed by atoms with E-state index in [-0.39, 0.29) is 17.9 Å². The summed E-state index contributed by atoms with van der Waals surface area (Å²) in [5.74, 6) is -0.450. The molecule has 0 aliphatic carbocycles. The molecule has 2 nitrogen and oxygen atoms in total. The molecule has 8 heteroatoms. The highest BCUT2D eigenvalue weighted by Crippen LogP contribution is 2.38. The summed E-state index contributed by atoms with van der Waals surface area (Å²) in [4.78, 5) is 0. The SMILES string of the molecule is CC(CCCOC1CCCCO1)c1cc(C(F)(F)F)cc(C(F)(F)F)c1. The Morgan fingerprint density at radius 1 is 1.04 bits per heavy atom. The molecule has 2 atom stereocenters. The quantitative estimate of drug-likeness (QED) is 0.433. The van der Waals surface area contributed by atoms with Crippen LogP contribution in [0.4, 0.5) is 26.3 Å². The number of hydrogen-bond acceptors (Lipinski definition) is 2.